The van der Waals surface area contributed by atoms with E-state index < -0.39 is 0 Å². The van der Waals surface area contributed by atoms with Gasteiger partial charge >= 0.3 is 0 Å². The summed E-state index contributed by atoms with van der Waals surface area (Å²) in [7, 11) is 1.68. The van der Waals surface area contributed by atoms with Gasteiger partial charge in [0.15, 0.2) is 5.78 Å². The molecule has 1 aliphatic heterocycles. The average molecular weight is 465 g/mol. The van der Waals surface area contributed by atoms with E-state index in [0.29, 0.717) is 35.2 Å². The van der Waals surface area contributed by atoms with Crippen molar-refractivity contribution in [2.24, 2.45) is 7.05 Å². The predicted octanol–water partition coefficient (Wildman–Crippen LogP) is 4.30. The Morgan fingerprint density at radius 3 is 2.46 bits per heavy atom. The molecule has 0 N–H and O–H groups in total. The zero-order valence-corrected chi connectivity index (χ0v) is 19.5. The van der Waals surface area contributed by atoms with Crippen LogP contribution in [0.15, 0.2) is 84.0 Å². The topological polar surface area (TPSA) is 71.0 Å². The van der Waals surface area contributed by atoms with E-state index in [-0.39, 0.29) is 17.4 Å². The lowest BCUT2D eigenvalue weighted by molar-refractivity contribution is -0.0286. The number of hydrogen-bond acceptors (Lipinski definition) is 4. The molecular formula is C28H24N4O3. The monoisotopic (exact) mass is 464 g/mol. The van der Waals surface area contributed by atoms with Crippen LogP contribution in [-0.4, -0.2) is 37.9 Å². The van der Waals surface area contributed by atoms with Crippen molar-refractivity contribution in [1.82, 2.24) is 18.9 Å². The maximum atomic E-state index is 13.5. The molecule has 0 aliphatic carbocycles. The van der Waals surface area contributed by atoms with Crippen LogP contribution < -0.4 is 5.56 Å². The number of hydrogen-bond donors (Lipinski definition) is 0. The Balaban J connectivity index is 1.64. The van der Waals surface area contributed by atoms with Crippen molar-refractivity contribution in [3.8, 4) is 16.9 Å². The number of nitrogens with zero attached hydrogens (tertiary/aromatic N) is 4. The first-order valence-corrected chi connectivity index (χ1v) is 11.6. The van der Waals surface area contributed by atoms with Gasteiger partial charge in [-0.3, -0.25) is 14.3 Å². The Morgan fingerprint density at radius 1 is 1.03 bits per heavy atom. The quantitative estimate of drug-likeness (QED) is 0.364. The predicted molar refractivity (Wildman–Crippen MR) is 134 cm³/mol. The molecule has 6 rings (SSSR count). The van der Waals surface area contributed by atoms with Gasteiger partial charge in [0.1, 0.15) is 5.52 Å². The number of ketones is 1. The number of benzene rings is 2. The molecule has 3 aromatic heterocycles. The molecule has 0 unspecified atom stereocenters. The number of fused-ring (bicyclic) bond motifs is 1. The van der Waals surface area contributed by atoms with Crippen LogP contribution in [0.1, 0.15) is 27.5 Å². The first-order valence-electron chi connectivity index (χ1n) is 11.6. The Labute approximate surface area is 201 Å². The second kappa shape index (κ2) is 8.21. The summed E-state index contributed by atoms with van der Waals surface area (Å²) in [5.74, 6) is -0.124. The summed E-state index contributed by atoms with van der Waals surface area (Å²) in [6.45, 7) is 3.30. The molecule has 0 bridgehead atoms. The third-order valence-electron chi connectivity index (χ3n) is 6.60. The standard InChI is InChI=1S/C28H24N4O3/c1-18-8-10-21(11-9-18)32-25(20-13-29-31(14-20)22-16-35-17-22)12-23-24(15-30(2)28(34)26(23)32)27(33)19-6-4-3-5-7-19/h3-15,22H,16-17H2,1-2H3. The summed E-state index contributed by atoms with van der Waals surface area (Å²) in [5.41, 5.74) is 5.01. The van der Waals surface area contributed by atoms with Gasteiger partial charge < -0.3 is 13.9 Å². The van der Waals surface area contributed by atoms with Crippen LogP contribution in [0.4, 0.5) is 0 Å². The highest BCUT2D eigenvalue weighted by Crippen LogP contribution is 2.33. The fourth-order valence-corrected chi connectivity index (χ4v) is 4.56. The number of aromatic nitrogens is 4. The van der Waals surface area contributed by atoms with E-state index in [0.717, 1.165) is 22.5 Å². The van der Waals surface area contributed by atoms with Crippen LogP contribution in [0, 0.1) is 6.92 Å². The maximum absolute atomic E-state index is 13.5. The third-order valence-corrected chi connectivity index (χ3v) is 6.60. The minimum absolute atomic E-state index is 0.124. The van der Waals surface area contributed by atoms with Crippen molar-refractivity contribution in [2.75, 3.05) is 13.2 Å². The minimum Gasteiger partial charge on any atom is -0.377 e. The van der Waals surface area contributed by atoms with Gasteiger partial charge in [-0.25, -0.2) is 0 Å². The molecule has 1 fully saturated rings. The summed E-state index contributed by atoms with van der Waals surface area (Å²) in [5, 5.41) is 5.17. The summed E-state index contributed by atoms with van der Waals surface area (Å²) in [6, 6.07) is 19.3. The first-order chi connectivity index (χ1) is 17.0. The second-order valence-corrected chi connectivity index (χ2v) is 9.02. The molecule has 0 amide bonds. The van der Waals surface area contributed by atoms with Crippen LogP contribution >= 0.6 is 0 Å². The van der Waals surface area contributed by atoms with Crippen LogP contribution in [0.5, 0.6) is 0 Å². The van der Waals surface area contributed by atoms with Crippen molar-refractivity contribution in [2.45, 2.75) is 13.0 Å². The fraction of sp³-hybridized carbons (Fsp3) is 0.179. The molecule has 0 saturated carbocycles. The van der Waals surface area contributed by atoms with E-state index in [1.54, 1.807) is 31.6 Å². The first kappa shape index (κ1) is 21.3. The number of aryl methyl sites for hydroxylation is 2. The van der Waals surface area contributed by atoms with Gasteiger partial charge in [0.25, 0.3) is 5.56 Å². The zero-order valence-electron chi connectivity index (χ0n) is 19.5. The highest BCUT2D eigenvalue weighted by Gasteiger charge is 2.25. The molecule has 0 radical (unpaired) electrons. The van der Waals surface area contributed by atoms with Crippen molar-refractivity contribution >= 4 is 16.7 Å². The average Bonchev–Trinajstić information content (AvgIpc) is 3.46. The molecule has 35 heavy (non-hydrogen) atoms. The van der Waals surface area contributed by atoms with Crippen LogP contribution in [0.2, 0.25) is 0 Å². The Morgan fingerprint density at radius 2 is 1.77 bits per heavy atom. The van der Waals surface area contributed by atoms with Crippen LogP contribution in [0.25, 0.3) is 27.8 Å². The summed E-state index contributed by atoms with van der Waals surface area (Å²) >= 11 is 0. The highest BCUT2D eigenvalue weighted by molar-refractivity contribution is 6.16. The van der Waals surface area contributed by atoms with Gasteiger partial charge in [-0.1, -0.05) is 48.0 Å². The van der Waals surface area contributed by atoms with E-state index in [1.165, 1.54) is 4.57 Å². The van der Waals surface area contributed by atoms with Crippen molar-refractivity contribution < 1.29 is 9.53 Å². The smallest absolute Gasteiger partial charge is 0.275 e. The number of pyridine rings is 1. The molecular weight excluding hydrogens is 440 g/mol. The van der Waals surface area contributed by atoms with Gasteiger partial charge in [-0.15, -0.1) is 0 Å². The molecule has 1 saturated heterocycles. The van der Waals surface area contributed by atoms with E-state index in [2.05, 4.69) is 5.10 Å². The lowest BCUT2D eigenvalue weighted by atomic mass is 10.0. The third kappa shape index (κ3) is 3.52. The van der Waals surface area contributed by atoms with Gasteiger partial charge in [0, 0.05) is 47.2 Å². The van der Waals surface area contributed by atoms with Crippen molar-refractivity contribution in [1.29, 1.82) is 0 Å². The Bertz CT molecular complexity index is 1620. The minimum atomic E-state index is -0.170. The molecule has 0 atom stereocenters. The SMILES string of the molecule is Cc1ccc(-n2c(-c3cnn(C4COC4)c3)cc3c(C(=O)c4ccccc4)cn(C)c(=O)c32)cc1. The number of ether oxygens (including phenoxy) is 1. The van der Waals surface area contributed by atoms with Crippen LogP contribution in [-0.2, 0) is 11.8 Å². The molecule has 1 aliphatic rings. The summed E-state index contributed by atoms with van der Waals surface area (Å²) in [6.07, 6.45) is 5.42. The van der Waals surface area contributed by atoms with Crippen LogP contribution in [0.3, 0.4) is 0 Å². The summed E-state index contributed by atoms with van der Waals surface area (Å²) in [4.78, 5) is 27.1. The van der Waals surface area contributed by atoms with Gasteiger partial charge in [-0.2, -0.15) is 5.10 Å². The largest absolute Gasteiger partial charge is 0.377 e. The van der Waals surface area contributed by atoms with Crippen molar-refractivity contribution in [3.05, 3.63) is 106 Å². The lowest BCUT2D eigenvalue weighted by Gasteiger charge is -2.25. The molecule has 0 spiro atoms. The maximum Gasteiger partial charge on any atom is 0.275 e. The van der Waals surface area contributed by atoms with E-state index in [4.69, 9.17) is 4.74 Å². The molecule has 7 nitrogen and oxygen atoms in total. The Hall–Kier alpha value is -4.23. The van der Waals surface area contributed by atoms with Gasteiger partial charge in [0.2, 0.25) is 0 Å². The number of rotatable bonds is 5. The molecule has 5 aromatic rings. The zero-order chi connectivity index (χ0) is 24.1. The van der Waals surface area contributed by atoms with E-state index in [9.17, 15) is 9.59 Å². The molecule has 174 valence electrons. The summed E-state index contributed by atoms with van der Waals surface area (Å²) < 4.78 is 10.7. The molecule has 4 heterocycles. The van der Waals surface area contributed by atoms with E-state index >= 15 is 0 Å². The molecule has 2 aromatic carbocycles. The lowest BCUT2D eigenvalue weighted by Crippen LogP contribution is -2.30. The van der Waals surface area contributed by atoms with Gasteiger partial charge in [-0.05, 0) is 25.1 Å². The Kier molecular flexibility index (Phi) is 5.00. The normalized spacial score (nSPS) is 13.8. The van der Waals surface area contributed by atoms with Crippen molar-refractivity contribution in [3.63, 3.8) is 0 Å². The highest BCUT2D eigenvalue weighted by atomic mass is 16.5. The molecule has 7 heteroatoms. The van der Waals surface area contributed by atoms with Gasteiger partial charge in [0.05, 0.1) is 31.1 Å². The number of carbonyl (C=O) groups is 1. The van der Waals surface area contributed by atoms with E-state index in [1.807, 2.05) is 70.9 Å². The second-order valence-electron chi connectivity index (χ2n) is 9.02. The number of carbonyl (C=O) groups excluding carboxylic acids is 1. The fourth-order valence-electron chi connectivity index (χ4n) is 4.56.